The summed E-state index contributed by atoms with van der Waals surface area (Å²) in [4.78, 5) is 42.5. The molecular formula is C20H17F3N4O5S2. The van der Waals surface area contributed by atoms with Crippen molar-refractivity contribution in [1.29, 1.82) is 0 Å². The number of carbonyl (C=O) groups excluding carboxylic acids is 2. The summed E-state index contributed by atoms with van der Waals surface area (Å²) < 4.78 is 37.5. The third kappa shape index (κ3) is 6.42. The number of carboxylic acids is 1. The summed E-state index contributed by atoms with van der Waals surface area (Å²) in [6.07, 6.45) is -2.90. The lowest BCUT2D eigenvalue weighted by atomic mass is 10.3. The Morgan fingerprint density at radius 3 is 2.62 bits per heavy atom. The first-order chi connectivity index (χ1) is 16.1. The van der Waals surface area contributed by atoms with Crippen molar-refractivity contribution in [1.82, 2.24) is 14.9 Å². The number of thioether (sulfide) groups is 1. The number of para-hydroxylation sites is 2. The average Bonchev–Trinajstić information content (AvgIpc) is 3.45. The first-order valence-corrected chi connectivity index (χ1v) is 11.2. The molecule has 1 saturated heterocycles. The van der Waals surface area contributed by atoms with E-state index in [-0.39, 0.29) is 11.1 Å². The molecule has 1 aliphatic rings. The van der Waals surface area contributed by atoms with E-state index < -0.39 is 12.1 Å². The van der Waals surface area contributed by atoms with Gasteiger partial charge >= 0.3 is 12.1 Å². The molecule has 0 unspecified atom stereocenters. The van der Waals surface area contributed by atoms with E-state index >= 15 is 0 Å². The molecule has 0 saturated carbocycles. The minimum atomic E-state index is -5.08. The van der Waals surface area contributed by atoms with Gasteiger partial charge in [0.05, 0.1) is 15.9 Å². The molecule has 1 aliphatic heterocycles. The van der Waals surface area contributed by atoms with Gasteiger partial charge in [-0.05, 0) is 60.8 Å². The summed E-state index contributed by atoms with van der Waals surface area (Å²) in [6, 6.07) is 11.3. The normalized spacial score (nSPS) is 15.2. The van der Waals surface area contributed by atoms with Gasteiger partial charge in [0.2, 0.25) is 0 Å². The Kier molecular flexibility index (Phi) is 8.06. The number of alkyl halides is 3. The number of nitrogens with zero attached hydrogens (tertiary/aromatic N) is 2. The number of furan rings is 1. The maximum Gasteiger partial charge on any atom is 0.490 e. The van der Waals surface area contributed by atoms with Crippen LogP contribution in [0.1, 0.15) is 12.2 Å². The zero-order chi connectivity index (χ0) is 24.9. The number of benzene rings is 1. The second kappa shape index (κ2) is 10.8. The van der Waals surface area contributed by atoms with Crippen molar-refractivity contribution in [3.63, 3.8) is 0 Å². The molecule has 0 atom stereocenters. The second-order valence-electron chi connectivity index (χ2n) is 6.60. The summed E-state index contributed by atoms with van der Waals surface area (Å²) in [6.45, 7) is 0.769. The number of fused-ring (bicyclic) bond motifs is 1. The molecule has 180 valence electrons. The molecule has 4 rings (SSSR count). The number of nitrogens with two attached hydrogens (primary N) is 1. The highest BCUT2D eigenvalue weighted by molar-refractivity contribution is 8.18. The zero-order valence-corrected chi connectivity index (χ0v) is 18.8. The Morgan fingerprint density at radius 2 is 1.97 bits per heavy atom. The molecule has 34 heavy (non-hydrogen) atoms. The van der Waals surface area contributed by atoms with Gasteiger partial charge < -0.3 is 20.2 Å². The van der Waals surface area contributed by atoms with E-state index in [4.69, 9.17) is 20.1 Å². The number of aromatic amines is 1. The van der Waals surface area contributed by atoms with E-state index in [1.54, 1.807) is 12.1 Å². The molecule has 3 heterocycles. The van der Waals surface area contributed by atoms with Crippen LogP contribution in [-0.2, 0) is 9.59 Å². The minimum Gasteiger partial charge on any atom is -0.475 e. The Bertz CT molecular complexity index is 1210. The Balaban J connectivity index is 0.000000406. The first-order valence-electron chi connectivity index (χ1n) is 9.56. The number of imidazole rings is 1. The number of halogens is 3. The third-order valence-electron chi connectivity index (χ3n) is 4.14. The monoisotopic (exact) mass is 514 g/mol. The summed E-state index contributed by atoms with van der Waals surface area (Å²) in [5, 5.41) is 8.21. The number of hydrogen-bond donors (Lipinski definition) is 3. The summed E-state index contributed by atoms with van der Waals surface area (Å²) >= 11 is 2.28. The van der Waals surface area contributed by atoms with Crippen LogP contribution in [0, 0.1) is 0 Å². The fourth-order valence-corrected chi connectivity index (χ4v) is 4.23. The van der Waals surface area contributed by atoms with E-state index in [2.05, 4.69) is 9.97 Å². The lowest BCUT2D eigenvalue weighted by Gasteiger charge is -2.10. The number of carboxylic acid groups (broad SMARTS) is 1. The van der Waals surface area contributed by atoms with Crippen LogP contribution in [0.2, 0.25) is 0 Å². The molecular weight excluding hydrogens is 497 g/mol. The van der Waals surface area contributed by atoms with Crippen molar-refractivity contribution in [3.05, 3.63) is 47.1 Å². The quantitative estimate of drug-likeness (QED) is 0.410. The van der Waals surface area contributed by atoms with Gasteiger partial charge in [0, 0.05) is 12.6 Å². The Labute approximate surface area is 198 Å². The lowest BCUT2D eigenvalue weighted by Crippen LogP contribution is -2.30. The van der Waals surface area contributed by atoms with Crippen molar-refractivity contribution >= 4 is 57.7 Å². The van der Waals surface area contributed by atoms with E-state index in [1.165, 1.54) is 16.7 Å². The van der Waals surface area contributed by atoms with Gasteiger partial charge in [-0.25, -0.2) is 9.78 Å². The number of rotatable bonds is 6. The SMILES string of the molecule is NCCCN1C(=O)S/C(=C\c2ccc(Sc3nc4ccccc4[nH]3)o2)C1=O.O=C(O)C(F)(F)F. The number of nitrogens with one attached hydrogen (secondary N) is 1. The molecule has 0 spiro atoms. The third-order valence-corrected chi connectivity index (χ3v) is 5.86. The van der Waals surface area contributed by atoms with Crippen LogP contribution in [0.5, 0.6) is 0 Å². The van der Waals surface area contributed by atoms with Gasteiger partial charge in [0.1, 0.15) is 5.76 Å². The number of carbonyl (C=O) groups is 3. The van der Waals surface area contributed by atoms with Gasteiger partial charge in [-0.15, -0.1) is 0 Å². The number of H-pyrrole nitrogens is 1. The lowest BCUT2D eigenvalue weighted by molar-refractivity contribution is -0.192. The van der Waals surface area contributed by atoms with Crippen LogP contribution >= 0.6 is 23.5 Å². The maximum atomic E-state index is 12.3. The molecule has 1 fully saturated rings. The summed E-state index contributed by atoms with van der Waals surface area (Å²) in [7, 11) is 0. The molecule has 0 bridgehead atoms. The van der Waals surface area contributed by atoms with E-state index in [1.807, 2.05) is 30.3 Å². The topological polar surface area (TPSA) is 143 Å². The van der Waals surface area contributed by atoms with Crippen molar-refractivity contribution in [2.75, 3.05) is 13.1 Å². The smallest absolute Gasteiger partial charge is 0.475 e. The predicted octanol–water partition coefficient (Wildman–Crippen LogP) is 4.33. The second-order valence-corrected chi connectivity index (χ2v) is 8.58. The molecule has 3 aromatic rings. The van der Waals surface area contributed by atoms with Crippen LogP contribution in [0.4, 0.5) is 18.0 Å². The Morgan fingerprint density at radius 1 is 1.26 bits per heavy atom. The number of amides is 2. The van der Waals surface area contributed by atoms with Gasteiger partial charge in [-0.2, -0.15) is 13.2 Å². The largest absolute Gasteiger partial charge is 0.490 e. The molecule has 0 aliphatic carbocycles. The fourth-order valence-electron chi connectivity index (χ4n) is 2.61. The van der Waals surface area contributed by atoms with Crippen LogP contribution in [0.15, 0.2) is 56.0 Å². The van der Waals surface area contributed by atoms with Gasteiger partial charge in [0.25, 0.3) is 11.1 Å². The fraction of sp³-hybridized carbons (Fsp3) is 0.200. The van der Waals surface area contributed by atoms with Crippen molar-refractivity contribution in [2.24, 2.45) is 5.73 Å². The van der Waals surface area contributed by atoms with E-state index in [0.29, 0.717) is 35.3 Å². The molecule has 9 nitrogen and oxygen atoms in total. The van der Waals surface area contributed by atoms with Crippen LogP contribution in [-0.4, -0.2) is 56.4 Å². The standard InChI is InChI=1S/C18H16N4O3S2.C2HF3O2/c19-8-3-9-22-16(23)14(26-18(22)24)10-11-6-7-15(25-11)27-17-20-12-4-1-2-5-13(12)21-17;3-2(4,5)1(6)7/h1-2,4-7,10H,3,8-9,19H2,(H,20,21);(H,6,7)/b14-10-;. The van der Waals surface area contributed by atoms with Crippen LogP contribution in [0.25, 0.3) is 17.1 Å². The first kappa shape index (κ1) is 25.4. The van der Waals surface area contributed by atoms with Crippen LogP contribution < -0.4 is 5.73 Å². The van der Waals surface area contributed by atoms with Crippen molar-refractivity contribution < 1.29 is 37.1 Å². The van der Waals surface area contributed by atoms with Crippen molar-refractivity contribution in [2.45, 2.75) is 22.8 Å². The molecule has 2 amide bonds. The van der Waals surface area contributed by atoms with Crippen molar-refractivity contribution in [3.8, 4) is 0 Å². The molecule has 2 aromatic heterocycles. The minimum absolute atomic E-state index is 0.275. The zero-order valence-electron chi connectivity index (χ0n) is 17.2. The highest BCUT2D eigenvalue weighted by Crippen LogP contribution is 2.34. The van der Waals surface area contributed by atoms with E-state index in [0.717, 1.165) is 28.0 Å². The molecule has 0 radical (unpaired) electrons. The summed E-state index contributed by atoms with van der Waals surface area (Å²) in [5.74, 6) is -2.55. The van der Waals surface area contributed by atoms with Gasteiger partial charge in [-0.3, -0.25) is 14.5 Å². The van der Waals surface area contributed by atoms with Crippen LogP contribution in [0.3, 0.4) is 0 Å². The molecule has 14 heteroatoms. The highest BCUT2D eigenvalue weighted by atomic mass is 32.2. The van der Waals surface area contributed by atoms with Gasteiger partial charge in [-0.1, -0.05) is 12.1 Å². The molecule has 4 N–H and O–H groups in total. The predicted molar refractivity (Wildman–Crippen MR) is 119 cm³/mol. The number of imide groups is 1. The number of aromatic nitrogens is 2. The number of hydrogen-bond acceptors (Lipinski definition) is 8. The summed E-state index contributed by atoms with van der Waals surface area (Å²) in [5.41, 5.74) is 7.29. The average molecular weight is 515 g/mol. The maximum absolute atomic E-state index is 12.3. The van der Waals surface area contributed by atoms with E-state index in [9.17, 15) is 22.8 Å². The number of aliphatic carboxylic acids is 1. The Hall–Kier alpha value is -3.23. The van der Waals surface area contributed by atoms with Gasteiger partial charge in [0.15, 0.2) is 10.2 Å². The highest BCUT2D eigenvalue weighted by Gasteiger charge is 2.38. The molecule has 1 aromatic carbocycles.